The van der Waals surface area contributed by atoms with Crippen molar-refractivity contribution in [2.45, 2.75) is 20.4 Å². The number of amides is 2. The van der Waals surface area contributed by atoms with Gasteiger partial charge in [0, 0.05) is 5.56 Å². The van der Waals surface area contributed by atoms with Gasteiger partial charge in [-0.05, 0) is 31.0 Å². The lowest BCUT2D eigenvalue weighted by Crippen LogP contribution is -2.31. The summed E-state index contributed by atoms with van der Waals surface area (Å²) in [6.07, 6.45) is 0. The Morgan fingerprint density at radius 2 is 1.75 bits per heavy atom. The smallest absolute Gasteiger partial charge is 0.269 e. The lowest BCUT2D eigenvalue weighted by molar-refractivity contribution is -0.137. The zero-order valence-electron chi connectivity index (χ0n) is 13.3. The first-order valence-corrected chi connectivity index (χ1v) is 7.85. The molecule has 0 bridgehead atoms. The van der Waals surface area contributed by atoms with E-state index in [1.165, 1.54) is 6.07 Å². The van der Waals surface area contributed by atoms with E-state index in [4.69, 9.17) is 11.6 Å². The van der Waals surface area contributed by atoms with Crippen LogP contribution in [0.3, 0.4) is 0 Å². The largest absolute Gasteiger partial charge is 0.273 e. The van der Waals surface area contributed by atoms with E-state index in [2.05, 4.69) is 0 Å². The Kier molecular flexibility index (Phi) is 4.24. The molecule has 3 nitrogen and oxygen atoms in total. The van der Waals surface area contributed by atoms with E-state index in [0.29, 0.717) is 5.56 Å². The molecule has 0 fully saturated rings. The minimum atomic E-state index is -0.597. The average Bonchev–Trinajstić information content (AvgIpc) is 2.74. The zero-order valence-corrected chi connectivity index (χ0v) is 14.0. The third-order valence-electron chi connectivity index (χ3n) is 4.05. The number of hydrogen-bond acceptors (Lipinski definition) is 2. The molecule has 122 valence electrons. The first kappa shape index (κ1) is 16.4. The second-order valence-corrected chi connectivity index (χ2v) is 6.17. The highest BCUT2D eigenvalue weighted by Gasteiger charge is 2.38. The normalized spacial score (nSPS) is 14.8. The van der Waals surface area contributed by atoms with Crippen LogP contribution in [0.15, 0.2) is 47.5 Å². The maximum atomic E-state index is 13.8. The summed E-state index contributed by atoms with van der Waals surface area (Å²) in [6.45, 7) is 3.66. The molecule has 2 aromatic rings. The van der Waals surface area contributed by atoms with Crippen LogP contribution in [-0.4, -0.2) is 16.7 Å². The minimum Gasteiger partial charge on any atom is -0.269 e. The molecule has 0 atom stereocenters. The second kappa shape index (κ2) is 6.21. The summed E-state index contributed by atoms with van der Waals surface area (Å²) in [5, 5.41) is -0.122. The van der Waals surface area contributed by atoms with Gasteiger partial charge in [-0.25, -0.2) is 4.39 Å². The Morgan fingerprint density at radius 1 is 1.04 bits per heavy atom. The lowest BCUT2D eigenvalue weighted by Gasteiger charge is -2.15. The number of hydrogen-bond donors (Lipinski definition) is 0. The predicted molar refractivity (Wildman–Crippen MR) is 90.6 cm³/mol. The fourth-order valence-corrected chi connectivity index (χ4v) is 3.10. The topological polar surface area (TPSA) is 37.4 Å². The molecule has 2 amide bonds. The molecule has 0 saturated heterocycles. The standard InChI is InChI=1S/C19H15ClFNO2/c1-11-7-8-14(12(2)9-11)16-17(20)19(24)22(18(16)23)10-13-5-3-4-6-15(13)21/h3-9H,10H2,1-2H3. The fraction of sp³-hybridized carbons (Fsp3) is 0.158. The first-order chi connectivity index (χ1) is 11.4. The van der Waals surface area contributed by atoms with Crippen molar-refractivity contribution in [2.75, 3.05) is 0 Å². The van der Waals surface area contributed by atoms with Crippen molar-refractivity contribution in [3.05, 3.63) is 75.6 Å². The average molecular weight is 344 g/mol. The second-order valence-electron chi connectivity index (χ2n) is 5.80. The van der Waals surface area contributed by atoms with Gasteiger partial charge in [0.05, 0.1) is 12.1 Å². The third-order valence-corrected chi connectivity index (χ3v) is 4.40. The van der Waals surface area contributed by atoms with Crippen LogP contribution >= 0.6 is 11.6 Å². The van der Waals surface area contributed by atoms with E-state index in [1.54, 1.807) is 24.3 Å². The zero-order chi connectivity index (χ0) is 17.4. The maximum absolute atomic E-state index is 13.8. The molecule has 0 unspecified atom stereocenters. The summed E-state index contributed by atoms with van der Waals surface area (Å²) < 4.78 is 13.8. The van der Waals surface area contributed by atoms with Crippen molar-refractivity contribution >= 4 is 29.0 Å². The van der Waals surface area contributed by atoms with Gasteiger partial charge in [-0.1, -0.05) is 53.6 Å². The van der Waals surface area contributed by atoms with Gasteiger partial charge in [0.1, 0.15) is 10.8 Å². The molecular formula is C19H15ClFNO2. The van der Waals surface area contributed by atoms with Crippen molar-refractivity contribution in [1.29, 1.82) is 0 Å². The molecule has 0 saturated carbocycles. The Hall–Kier alpha value is -2.46. The van der Waals surface area contributed by atoms with E-state index in [1.807, 2.05) is 26.0 Å². The number of nitrogens with zero attached hydrogens (tertiary/aromatic N) is 1. The summed E-state index contributed by atoms with van der Waals surface area (Å²) in [6, 6.07) is 11.6. The van der Waals surface area contributed by atoms with Gasteiger partial charge in [0.15, 0.2) is 0 Å². The van der Waals surface area contributed by atoms with Crippen LogP contribution in [0, 0.1) is 19.7 Å². The van der Waals surface area contributed by atoms with Crippen molar-refractivity contribution in [2.24, 2.45) is 0 Å². The summed E-state index contributed by atoms with van der Waals surface area (Å²) in [5.41, 5.74) is 2.98. The molecule has 0 N–H and O–H groups in total. The molecule has 0 aromatic heterocycles. The van der Waals surface area contributed by atoms with Gasteiger partial charge in [-0.2, -0.15) is 0 Å². The Morgan fingerprint density at radius 3 is 2.42 bits per heavy atom. The molecule has 0 radical (unpaired) electrons. The molecule has 5 heteroatoms. The molecule has 1 heterocycles. The molecular weight excluding hydrogens is 329 g/mol. The van der Waals surface area contributed by atoms with E-state index in [9.17, 15) is 14.0 Å². The molecule has 1 aliphatic heterocycles. The van der Waals surface area contributed by atoms with Crippen LogP contribution in [0.1, 0.15) is 22.3 Å². The van der Waals surface area contributed by atoms with Crippen LogP contribution < -0.4 is 0 Å². The highest BCUT2D eigenvalue weighted by atomic mass is 35.5. The Balaban J connectivity index is 1.97. The number of aryl methyl sites for hydroxylation is 2. The van der Waals surface area contributed by atoms with Crippen molar-refractivity contribution in [1.82, 2.24) is 4.90 Å². The summed E-state index contributed by atoms with van der Waals surface area (Å²) in [4.78, 5) is 26.1. The maximum Gasteiger partial charge on any atom is 0.273 e. The summed E-state index contributed by atoms with van der Waals surface area (Å²) in [7, 11) is 0. The lowest BCUT2D eigenvalue weighted by atomic mass is 9.99. The number of carbonyl (C=O) groups excluding carboxylic acids is 2. The van der Waals surface area contributed by atoms with Gasteiger partial charge < -0.3 is 0 Å². The fourth-order valence-electron chi connectivity index (χ4n) is 2.81. The summed E-state index contributed by atoms with van der Waals surface area (Å²) >= 11 is 6.14. The highest BCUT2D eigenvalue weighted by Crippen LogP contribution is 2.34. The predicted octanol–water partition coefficient (Wildman–Crippen LogP) is 3.96. The summed E-state index contributed by atoms with van der Waals surface area (Å²) in [5.74, 6) is -1.56. The number of halogens is 2. The molecule has 3 rings (SSSR count). The first-order valence-electron chi connectivity index (χ1n) is 7.47. The Bertz CT molecular complexity index is 889. The van der Waals surface area contributed by atoms with Gasteiger partial charge in [-0.15, -0.1) is 0 Å². The Labute approximate surface area is 144 Å². The SMILES string of the molecule is Cc1ccc(C2=C(Cl)C(=O)N(Cc3ccccc3F)C2=O)c(C)c1. The van der Waals surface area contributed by atoms with E-state index >= 15 is 0 Å². The van der Waals surface area contributed by atoms with Gasteiger partial charge in [0.2, 0.25) is 0 Å². The molecule has 1 aliphatic rings. The van der Waals surface area contributed by atoms with Crippen LogP contribution in [-0.2, 0) is 16.1 Å². The number of imide groups is 1. The number of carbonyl (C=O) groups is 2. The molecule has 2 aromatic carbocycles. The van der Waals surface area contributed by atoms with E-state index in [0.717, 1.165) is 16.0 Å². The van der Waals surface area contributed by atoms with Crippen molar-refractivity contribution < 1.29 is 14.0 Å². The van der Waals surface area contributed by atoms with Crippen molar-refractivity contribution in [3.63, 3.8) is 0 Å². The van der Waals surface area contributed by atoms with Crippen LogP contribution in [0.25, 0.3) is 5.57 Å². The van der Waals surface area contributed by atoms with Crippen molar-refractivity contribution in [3.8, 4) is 0 Å². The van der Waals surface area contributed by atoms with E-state index < -0.39 is 17.6 Å². The molecule has 0 spiro atoms. The minimum absolute atomic E-state index is 0.122. The monoisotopic (exact) mass is 343 g/mol. The van der Waals surface area contributed by atoms with Gasteiger partial charge in [-0.3, -0.25) is 14.5 Å². The van der Waals surface area contributed by atoms with Gasteiger partial charge >= 0.3 is 0 Å². The molecule has 24 heavy (non-hydrogen) atoms. The van der Waals surface area contributed by atoms with Gasteiger partial charge in [0.25, 0.3) is 11.8 Å². The van der Waals surface area contributed by atoms with E-state index in [-0.39, 0.29) is 22.7 Å². The van der Waals surface area contributed by atoms with Crippen LogP contribution in [0.4, 0.5) is 4.39 Å². The number of rotatable bonds is 3. The van der Waals surface area contributed by atoms with Crippen LogP contribution in [0.5, 0.6) is 0 Å². The number of benzene rings is 2. The van der Waals surface area contributed by atoms with Crippen LogP contribution in [0.2, 0.25) is 0 Å². The molecule has 0 aliphatic carbocycles. The highest BCUT2D eigenvalue weighted by molar-refractivity contribution is 6.55. The third kappa shape index (κ3) is 2.74. The quantitative estimate of drug-likeness (QED) is 0.791.